The van der Waals surface area contributed by atoms with Crippen molar-refractivity contribution in [3.8, 4) is 0 Å². The number of benzene rings is 1. The fourth-order valence-corrected chi connectivity index (χ4v) is 4.92. The molecule has 1 aliphatic heterocycles. The Morgan fingerprint density at radius 1 is 1.14 bits per heavy atom. The topological polar surface area (TPSA) is 61.4 Å². The van der Waals surface area contributed by atoms with Crippen molar-refractivity contribution in [3.63, 3.8) is 0 Å². The van der Waals surface area contributed by atoms with Crippen LogP contribution in [0.3, 0.4) is 0 Å². The van der Waals surface area contributed by atoms with Crippen LogP contribution >= 0.6 is 0 Å². The second-order valence-corrected chi connectivity index (χ2v) is 9.62. The van der Waals surface area contributed by atoms with Gasteiger partial charge in [0.2, 0.25) is 10.0 Å². The third kappa shape index (κ3) is 5.61. The van der Waals surface area contributed by atoms with Crippen LogP contribution in [0.5, 0.6) is 0 Å². The Bertz CT molecular complexity index is 771. The van der Waals surface area contributed by atoms with Crippen LogP contribution in [-0.4, -0.2) is 33.1 Å². The highest BCUT2D eigenvalue weighted by molar-refractivity contribution is 7.89. The first-order valence-corrected chi connectivity index (χ1v) is 11.4. The zero-order valence-electron chi connectivity index (χ0n) is 16.1. The molecule has 1 aromatic carbocycles. The van der Waals surface area contributed by atoms with Crippen molar-refractivity contribution in [2.45, 2.75) is 56.5 Å². The van der Waals surface area contributed by atoms with E-state index in [0.717, 1.165) is 63.7 Å². The molecule has 9 heteroatoms. The summed E-state index contributed by atoms with van der Waals surface area (Å²) in [5.74, 6) is 0.582. The second-order valence-electron chi connectivity index (χ2n) is 7.89. The van der Waals surface area contributed by atoms with Crippen LogP contribution in [-0.2, 0) is 16.2 Å². The van der Waals surface area contributed by atoms with Gasteiger partial charge >= 0.3 is 6.18 Å². The molecule has 2 N–H and O–H groups in total. The lowest BCUT2D eigenvalue weighted by molar-refractivity contribution is -0.139. The number of sulfonamides is 1. The molecule has 0 bridgehead atoms. The number of hydrazine groups is 1. The summed E-state index contributed by atoms with van der Waals surface area (Å²) in [5.41, 5.74) is 2.11. The van der Waals surface area contributed by atoms with Crippen molar-refractivity contribution in [2.75, 3.05) is 25.1 Å². The van der Waals surface area contributed by atoms with E-state index in [-0.39, 0.29) is 18.2 Å². The molecule has 0 amide bonds. The average Bonchev–Trinajstić information content (AvgIpc) is 3.47. The third-order valence-corrected chi connectivity index (χ3v) is 6.97. The Hall–Kier alpha value is -1.32. The van der Waals surface area contributed by atoms with E-state index in [1.54, 1.807) is 0 Å². The molecular weight excluding hydrogens is 391 g/mol. The summed E-state index contributed by atoms with van der Waals surface area (Å²) in [7, 11) is -4.24. The number of halogens is 3. The van der Waals surface area contributed by atoms with E-state index in [2.05, 4.69) is 10.1 Å². The highest BCUT2D eigenvalue weighted by atomic mass is 32.2. The van der Waals surface area contributed by atoms with Crippen LogP contribution in [0.4, 0.5) is 18.9 Å². The van der Waals surface area contributed by atoms with Crippen molar-refractivity contribution >= 4 is 15.7 Å². The first kappa shape index (κ1) is 21.4. The fraction of sp³-hybridized carbons (Fsp3) is 0.684. The monoisotopic (exact) mass is 419 g/mol. The Labute approximate surface area is 164 Å². The summed E-state index contributed by atoms with van der Waals surface area (Å²) in [5, 5.41) is 1.90. The molecule has 2 fully saturated rings. The normalized spacial score (nSPS) is 20.6. The van der Waals surface area contributed by atoms with Gasteiger partial charge in [0.05, 0.1) is 10.5 Å². The van der Waals surface area contributed by atoms with E-state index in [0.29, 0.717) is 5.92 Å². The van der Waals surface area contributed by atoms with E-state index in [9.17, 15) is 21.6 Å². The first-order valence-electron chi connectivity index (χ1n) is 9.89. The van der Waals surface area contributed by atoms with E-state index in [1.165, 1.54) is 6.07 Å². The Balaban J connectivity index is 1.79. The third-order valence-electron chi connectivity index (χ3n) is 5.49. The van der Waals surface area contributed by atoms with Crippen molar-refractivity contribution in [3.05, 3.63) is 23.8 Å². The molecule has 5 nitrogen and oxygen atoms in total. The minimum atomic E-state index is -4.76. The number of nitrogens with one attached hydrogen (secondary N) is 2. The van der Waals surface area contributed by atoms with Gasteiger partial charge in [0.15, 0.2) is 0 Å². The minimum Gasteiger partial charge on any atom is -0.319 e. The molecule has 3 rings (SSSR count). The van der Waals surface area contributed by atoms with Gasteiger partial charge in [0, 0.05) is 25.3 Å². The van der Waals surface area contributed by atoms with Crippen molar-refractivity contribution in [1.29, 1.82) is 0 Å². The molecular formula is C19H28F3N3O2S. The lowest BCUT2D eigenvalue weighted by Crippen LogP contribution is -2.32. The number of hydrogen-bond acceptors (Lipinski definition) is 4. The maximum Gasteiger partial charge on any atom is 0.417 e. The first-order chi connectivity index (χ1) is 13.2. The molecule has 1 unspecified atom stereocenters. The van der Waals surface area contributed by atoms with Crippen molar-refractivity contribution in [1.82, 2.24) is 9.73 Å². The zero-order chi connectivity index (χ0) is 20.4. The second kappa shape index (κ2) is 8.59. The summed E-state index contributed by atoms with van der Waals surface area (Å²) in [6.07, 6.45) is 1.51. The lowest BCUT2D eigenvalue weighted by atomic mass is 10.1. The molecule has 158 valence electrons. The van der Waals surface area contributed by atoms with Crippen LogP contribution in [0.1, 0.15) is 51.0 Å². The average molecular weight is 420 g/mol. The van der Waals surface area contributed by atoms with Gasteiger partial charge in [-0.3, -0.25) is 0 Å². The van der Waals surface area contributed by atoms with Crippen molar-refractivity contribution in [2.24, 2.45) is 11.8 Å². The summed E-state index contributed by atoms with van der Waals surface area (Å²) in [4.78, 5) is -0.718. The van der Waals surface area contributed by atoms with Crippen LogP contribution in [0.25, 0.3) is 0 Å². The van der Waals surface area contributed by atoms with Crippen LogP contribution in [0.2, 0.25) is 0 Å². The summed E-state index contributed by atoms with van der Waals surface area (Å²) < 4.78 is 68.3. The maximum atomic E-state index is 13.6. The molecule has 1 saturated heterocycles. The predicted octanol–water partition coefficient (Wildman–Crippen LogP) is 4.23. The molecule has 28 heavy (non-hydrogen) atoms. The van der Waals surface area contributed by atoms with Gasteiger partial charge in [-0.1, -0.05) is 19.8 Å². The van der Waals surface area contributed by atoms with Gasteiger partial charge in [-0.25, -0.2) is 18.1 Å². The Kier molecular flexibility index (Phi) is 6.56. The van der Waals surface area contributed by atoms with Gasteiger partial charge in [0.1, 0.15) is 0 Å². The highest BCUT2D eigenvalue weighted by Gasteiger charge is 2.38. The number of rotatable bonds is 7. The van der Waals surface area contributed by atoms with Gasteiger partial charge in [-0.15, -0.1) is 0 Å². The Morgan fingerprint density at radius 2 is 1.79 bits per heavy atom. The van der Waals surface area contributed by atoms with Gasteiger partial charge in [0.25, 0.3) is 0 Å². The molecule has 1 aromatic rings. The number of hydrogen-bond donors (Lipinski definition) is 2. The van der Waals surface area contributed by atoms with Crippen LogP contribution < -0.4 is 10.1 Å². The van der Waals surface area contributed by atoms with Gasteiger partial charge in [-0.05, 0) is 55.7 Å². The molecule has 0 radical (unpaired) electrons. The zero-order valence-corrected chi connectivity index (χ0v) is 16.9. The van der Waals surface area contributed by atoms with Crippen LogP contribution in [0, 0.1) is 11.8 Å². The van der Waals surface area contributed by atoms with Gasteiger partial charge < -0.3 is 5.43 Å². The van der Waals surface area contributed by atoms with Crippen molar-refractivity contribution < 1.29 is 21.6 Å². The smallest absolute Gasteiger partial charge is 0.319 e. The van der Waals surface area contributed by atoms with Gasteiger partial charge in [-0.2, -0.15) is 13.2 Å². The van der Waals surface area contributed by atoms with E-state index < -0.39 is 26.7 Å². The summed E-state index contributed by atoms with van der Waals surface area (Å²) >= 11 is 0. The van der Waals surface area contributed by atoms with E-state index in [1.807, 2.05) is 11.9 Å². The Morgan fingerprint density at radius 3 is 2.36 bits per heavy atom. The number of anilines is 1. The largest absolute Gasteiger partial charge is 0.417 e. The molecule has 1 atom stereocenters. The van der Waals surface area contributed by atoms with E-state index >= 15 is 0 Å². The molecule has 1 saturated carbocycles. The molecule has 0 aromatic heterocycles. The predicted molar refractivity (Wildman–Crippen MR) is 102 cm³/mol. The molecule has 2 aliphatic rings. The summed E-state index contributed by atoms with van der Waals surface area (Å²) in [6, 6.07) is 3.34. The lowest BCUT2D eigenvalue weighted by Gasteiger charge is -2.23. The minimum absolute atomic E-state index is 0.119. The maximum absolute atomic E-state index is 13.6. The number of nitrogens with zero attached hydrogens (tertiary/aromatic N) is 1. The van der Waals surface area contributed by atoms with E-state index in [4.69, 9.17) is 0 Å². The number of alkyl halides is 3. The highest BCUT2D eigenvalue weighted by Crippen LogP contribution is 2.38. The molecule has 0 spiro atoms. The molecule has 1 aliphatic carbocycles. The molecule has 1 heterocycles. The fourth-order valence-electron chi connectivity index (χ4n) is 3.57. The quantitative estimate of drug-likeness (QED) is 0.694. The standard InChI is InChI=1S/C19H28F3N3O2S/c1-14(15-6-7-15)13-23-28(26,27)18-9-8-16(12-17(18)19(20,21)22)24-25-10-4-2-3-5-11-25/h8-9,12,14-15,23-24H,2-7,10-11,13H2,1H3. The van der Waals surface area contributed by atoms with Crippen LogP contribution in [0.15, 0.2) is 23.1 Å². The SMILES string of the molecule is CC(CNS(=O)(=O)c1ccc(NN2CCCCCC2)cc1C(F)(F)F)C1CC1. The summed E-state index contributed by atoms with van der Waals surface area (Å²) in [6.45, 7) is 3.57.